The number of rotatable bonds is 6. The molecule has 8 heteroatoms. The molecule has 1 aromatic heterocycles. The molecule has 0 fully saturated rings. The SMILES string of the molecule is CC[C@@H](O)c1cc2n(n1)CCN(C(=O)CCS(=O)(=O)c1ccccc1)C2. The Bertz CT molecular complexity index is 877. The van der Waals surface area contributed by atoms with Crippen LogP contribution in [-0.4, -0.2) is 46.4 Å². The lowest BCUT2D eigenvalue weighted by molar-refractivity contribution is -0.132. The van der Waals surface area contributed by atoms with Crippen molar-refractivity contribution >= 4 is 15.7 Å². The Morgan fingerprint density at radius 3 is 2.69 bits per heavy atom. The number of benzene rings is 1. The summed E-state index contributed by atoms with van der Waals surface area (Å²) in [5.41, 5.74) is 1.47. The van der Waals surface area contributed by atoms with E-state index in [1.165, 1.54) is 0 Å². The summed E-state index contributed by atoms with van der Waals surface area (Å²) in [6.45, 7) is 3.29. The van der Waals surface area contributed by atoms with Gasteiger partial charge in [-0.05, 0) is 24.6 Å². The lowest BCUT2D eigenvalue weighted by atomic mass is 10.2. The average molecular weight is 377 g/mol. The molecule has 0 radical (unpaired) electrons. The summed E-state index contributed by atoms with van der Waals surface area (Å²) >= 11 is 0. The molecule has 140 valence electrons. The van der Waals surface area contributed by atoms with Crippen molar-refractivity contribution in [1.29, 1.82) is 0 Å². The fourth-order valence-electron chi connectivity index (χ4n) is 3.00. The molecule has 26 heavy (non-hydrogen) atoms. The lowest BCUT2D eigenvalue weighted by Gasteiger charge is -2.27. The van der Waals surface area contributed by atoms with Crippen molar-refractivity contribution in [3.8, 4) is 0 Å². The summed E-state index contributed by atoms with van der Waals surface area (Å²) in [5.74, 6) is -0.389. The van der Waals surface area contributed by atoms with Crippen molar-refractivity contribution in [3.05, 3.63) is 47.8 Å². The van der Waals surface area contributed by atoms with Crippen molar-refractivity contribution in [2.75, 3.05) is 12.3 Å². The van der Waals surface area contributed by atoms with E-state index in [9.17, 15) is 18.3 Å². The van der Waals surface area contributed by atoms with Crippen molar-refractivity contribution < 1.29 is 18.3 Å². The first-order valence-electron chi connectivity index (χ1n) is 8.71. The maximum absolute atomic E-state index is 12.5. The van der Waals surface area contributed by atoms with Crippen LogP contribution in [0.3, 0.4) is 0 Å². The summed E-state index contributed by atoms with van der Waals surface area (Å²) in [6.07, 6.45) is -0.0695. The summed E-state index contributed by atoms with van der Waals surface area (Å²) < 4.78 is 26.4. The number of aliphatic hydroxyl groups excluding tert-OH is 1. The average Bonchev–Trinajstić information content (AvgIpc) is 3.09. The van der Waals surface area contributed by atoms with Crippen LogP contribution in [0.25, 0.3) is 0 Å². The third-order valence-electron chi connectivity index (χ3n) is 4.58. The number of hydrogen-bond donors (Lipinski definition) is 1. The largest absolute Gasteiger partial charge is 0.387 e. The van der Waals surface area contributed by atoms with Gasteiger partial charge in [-0.3, -0.25) is 9.48 Å². The van der Waals surface area contributed by atoms with E-state index in [2.05, 4.69) is 5.10 Å². The van der Waals surface area contributed by atoms with E-state index in [1.807, 2.05) is 13.0 Å². The molecule has 0 unspecified atom stereocenters. The number of hydrogen-bond acceptors (Lipinski definition) is 5. The Morgan fingerprint density at radius 2 is 2.00 bits per heavy atom. The number of sulfone groups is 1. The highest BCUT2D eigenvalue weighted by Gasteiger charge is 2.25. The standard InChI is InChI=1S/C18H23N3O4S/c1-2-17(22)16-12-14-13-20(9-10-21(14)19-16)18(23)8-11-26(24,25)15-6-4-3-5-7-15/h3-7,12,17,22H,2,8-11,13H2,1H3/t17-/m1/s1. The molecule has 0 bridgehead atoms. The second-order valence-corrected chi connectivity index (χ2v) is 8.51. The Balaban J connectivity index is 1.62. The first kappa shape index (κ1) is 18.6. The fraction of sp³-hybridized carbons (Fsp3) is 0.444. The molecule has 0 saturated heterocycles. The molecule has 1 aromatic carbocycles. The molecule has 0 spiro atoms. The molecule has 7 nitrogen and oxygen atoms in total. The second-order valence-electron chi connectivity index (χ2n) is 6.40. The lowest BCUT2D eigenvalue weighted by Crippen LogP contribution is -2.39. The van der Waals surface area contributed by atoms with Crippen LogP contribution in [0.2, 0.25) is 0 Å². The third-order valence-corrected chi connectivity index (χ3v) is 6.32. The van der Waals surface area contributed by atoms with Crippen LogP contribution in [0.4, 0.5) is 0 Å². The molecule has 2 heterocycles. The van der Waals surface area contributed by atoms with Gasteiger partial charge in [-0.2, -0.15) is 5.10 Å². The van der Waals surface area contributed by atoms with Gasteiger partial charge in [-0.15, -0.1) is 0 Å². The number of carbonyl (C=O) groups excluding carboxylic acids is 1. The molecule has 0 aliphatic carbocycles. The van der Waals surface area contributed by atoms with Crippen LogP contribution >= 0.6 is 0 Å². The van der Waals surface area contributed by atoms with Gasteiger partial charge < -0.3 is 10.0 Å². The molecular formula is C18H23N3O4S. The quantitative estimate of drug-likeness (QED) is 0.824. The van der Waals surface area contributed by atoms with Gasteiger partial charge in [0.2, 0.25) is 5.91 Å². The Morgan fingerprint density at radius 1 is 1.27 bits per heavy atom. The van der Waals surface area contributed by atoms with Crippen LogP contribution in [0, 0.1) is 0 Å². The molecule has 1 N–H and O–H groups in total. The van der Waals surface area contributed by atoms with Gasteiger partial charge in [0.25, 0.3) is 0 Å². The zero-order valence-electron chi connectivity index (χ0n) is 14.7. The van der Waals surface area contributed by atoms with Gasteiger partial charge in [0, 0.05) is 13.0 Å². The van der Waals surface area contributed by atoms with E-state index in [-0.39, 0.29) is 23.0 Å². The highest BCUT2D eigenvalue weighted by atomic mass is 32.2. The van der Waals surface area contributed by atoms with Gasteiger partial charge in [0.1, 0.15) is 0 Å². The van der Waals surface area contributed by atoms with Crippen molar-refractivity contribution in [3.63, 3.8) is 0 Å². The first-order chi connectivity index (χ1) is 12.4. The predicted molar refractivity (Wildman–Crippen MR) is 96.0 cm³/mol. The van der Waals surface area contributed by atoms with E-state index >= 15 is 0 Å². The maximum Gasteiger partial charge on any atom is 0.224 e. The topological polar surface area (TPSA) is 92.5 Å². The van der Waals surface area contributed by atoms with Crippen LogP contribution in [-0.2, 0) is 27.7 Å². The summed E-state index contributed by atoms with van der Waals surface area (Å²) in [7, 11) is -3.46. The summed E-state index contributed by atoms with van der Waals surface area (Å²) in [5, 5.41) is 14.3. The van der Waals surface area contributed by atoms with E-state index in [0.717, 1.165) is 5.69 Å². The minimum Gasteiger partial charge on any atom is -0.387 e. The van der Waals surface area contributed by atoms with E-state index in [1.54, 1.807) is 39.9 Å². The van der Waals surface area contributed by atoms with Crippen molar-refractivity contribution in [2.24, 2.45) is 0 Å². The van der Waals surface area contributed by atoms with Gasteiger partial charge in [0.15, 0.2) is 9.84 Å². The normalized spacial score (nSPS) is 15.5. The smallest absolute Gasteiger partial charge is 0.224 e. The zero-order valence-corrected chi connectivity index (χ0v) is 15.5. The molecular weight excluding hydrogens is 354 g/mol. The molecule has 3 rings (SSSR count). The monoisotopic (exact) mass is 377 g/mol. The minimum absolute atomic E-state index is 0.0458. The fourth-order valence-corrected chi connectivity index (χ4v) is 4.25. The number of fused-ring (bicyclic) bond motifs is 1. The number of carbonyl (C=O) groups is 1. The van der Waals surface area contributed by atoms with E-state index < -0.39 is 15.9 Å². The van der Waals surface area contributed by atoms with Crippen molar-refractivity contribution in [1.82, 2.24) is 14.7 Å². The maximum atomic E-state index is 12.5. The van der Waals surface area contributed by atoms with Crippen LogP contribution in [0.1, 0.15) is 37.3 Å². The second kappa shape index (κ2) is 7.59. The zero-order chi connectivity index (χ0) is 18.7. The minimum atomic E-state index is -3.46. The van der Waals surface area contributed by atoms with E-state index in [4.69, 9.17) is 0 Å². The highest BCUT2D eigenvalue weighted by Crippen LogP contribution is 2.21. The number of aliphatic hydroxyl groups is 1. The third kappa shape index (κ3) is 3.96. The number of aromatic nitrogens is 2. The Hall–Kier alpha value is -2.19. The highest BCUT2D eigenvalue weighted by molar-refractivity contribution is 7.91. The van der Waals surface area contributed by atoms with Crippen LogP contribution in [0.5, 0.6) is 0 Å². The first-order valence-corrected chi connectivity index (χ1v) is 10.4. The molecule has 1 aliphatic rings. The van der Waals surface area contributed by atoms with Gasteiger partial charge in [0.05, 0.1) is 41.2 Å². The van der Waals surface area contributed by atoms with Gasteiger partial charge in [-0.25, -0.2) is 8.42 Å². The van der Waals surface area contributed by atoms with Gasteiger partial charge in [-0.1, -0.05) is 25.1 Å². The summed E-state index contributed by atoms with van der Waals surface area (Å²) in [6, 6.07) is 9.99. The van der Waals surface area contributed by atoms with E-state index in [0.29, 0.717) is 31.7 Å². The summed E-state index contributed by atoms with van der Waals surface area (Å²) in [4.78, 5) is 14.4. The van der Waals surface area contributed by atoms with Crippen LogP contribution in [0.15, 0.2) is 41.3 Å². The van der Waals surface area contributed by atoms with Crippen LogP contribution < -0.4 is 0 Å². The Kier molecular flexibility index (Phi) is 5.43. The number of amides is 1. The van der Waals surface area contributed by atoms with Gasteiger partial charge >= 0.3 is 0 Å². The number of nitrogens with zero attached hydrogens (tertiary/aromatic N) is 3. The molecule has 2 aromatic rings. The molecule has 1 atom stereocenters. The molecule has 1 aliphatic heterocycles. The molecule has 0 saturated carbocycles. The predicted octanol–water partition coefficient (Wildman–Crippen LogP) is 1.53. The Labute approximate surface area is 153 Å². The van der Waals surface area contributed by atoms with Crippen molar-refractivity contribution in [2.45, 2.75) is 43.9 Å². The molecule has 1 amide bonds.